The zero-order valence-electron chi connectivity index (χ0n) is 16.1. The van der Waals surface area contributed by atoms with Crippen LogP contribution in [0.1, 0.15) is 19.3 Å². The largest absolute Gasteiger partial charge is 0.394 e. The molecule has 0 aromatic heterocycles. The minimum atomic E-state index is -1.70. The zero-order valence-corrected chi connectivity index (χ0v) is 16.1. The second kappa shape index (κ2) is 11.8. The van der Waals surface area contributed by atoms with Gasteiger partial charge in [-0.15, -0.1) is 0 Å². The molecule has 0 saturated carbocycles. The van der Waals surface area contributed by atoms with Crippen molar-refractivity contribution in [3.63, 3.8) is 0 Å². The highest BCUT2D eigenvalue weighted by molar-refractivity contribution is 4.94. The van der Waals surface area contributed by atoms with Crippen LogP contribution in [-0.2, 0) is 18.9 Å². The molecule has 29 heavy (non-hydrogen) atoms. The highest BCUT2D eigenvalue weighted by Crippen LogP contribution is 2.29. The third-order valence-corrected chi connectivity index (χ3v) is 5.09. The van der Waals surface area contributed by atoms with E-state index in [9.17, 15) is 35.7 Å². The smallest absolute Gasteiger partial charge is 0.187 e. The first-order valence-corrected chi connectivity index (χ1v) is 9.75. The molecule has 0 unspecified atom stereocenters. The third-order valence-electron chi connectivity index (χ3n) is 5.09. The molecule has 0 spiro atoms. The molecule has 0 aromatic carbocycles. The Morgan fingerprint density at radius 3 is 1.93 bits per heavy atom. The van der Waals surface area contributed by atoms with Gasteiger partial charge < -0.3 is 60.4 Å². The monoisotopic (exact) mass is 427 g/mol. The lowest BCUT2D eigenvalue weighted by atomic mass is 9.97. The fraction of sp³-hybridized carbons (Fsp3) is 1.00. The van der Waals surface area contributed by atoms with Gasteiger partial charge in [0.15, 0.2) is 12.6 Å². The number of unbranched alkanes of at least 4 members (excludes halogenated alkanes) is 2. The topological polar surface area (TPSA) is 205 Å². The molecule has 0 aliphatic carbocycles. The second-order valence-electron chi connectivity index (χ2n) is 7.22. The van der Waals surface area contributed by atoms with Crippen molar-refractivity contribution >= 4 is 0 Å². The molecule has 10 atom stereocenters. The summed E-state index contributed by atoms with van der Waals surface area (Å²) in [6.07, 6.45) is -12.1. The van der Waals surface area contributed by atoms with Gasteiger partial charge in [-0.2, -0.15) is 0 Å². The molecule has 2 saturated heterocycles. The van der Waals surface area contributed by atoms with Crippen molar-refractivity contribution < 1.29 is 54.7 Å². The van der Waals surface area contributed by atoms with E-state index in [0.29, 0.717) is 13.0 Å². The summed E-state index contributed by atoms with van der Waals surface area (Å²) in [6.45, 7) is -0.435. The first-order chi connectivity index (χ1) is 13.8. The van der Waals surface area contributed by atoms with Crippen molar-refractivity contribution in [2.75, 3.05) is 26.4 Å². The van der Waals surface area contributed by atoms with E-state index in [2.05, 4.69) is 0 Å². The second-order valence-corrected chi connectivity index (χ2v) is 7.22. The first-order valence-electron chi connectivity index (χ1n) is 9.75. The molecule has 2 fully saturated rings. The summed E-state index contributed by atoms with van der Waals surface area (Å²) in [4.78, 5) is 0. The fourth-order valence-electron chi connectivity index (χ4n) is 3.32. The number of nitrogens with two attached hydrogens (primary N) is 1. The third kappa shape index (κ3) is 6.03. The van der Waals surface area contributed by atoms with Crippen molar-refractivity contribution in [3.05, 3.63) is 0 Å². The molecular weight excluding hydrogens is 394 g/mol. The highest BCUT2D eigenvalue weighted by Gasteiger charge is 2.50. The molecular formula is C17H33NO11. The summed E-state index contributed by atoms with van der Waals surface area (Å²) in [5, 5.41) is 69.3. The van der Waals surface area contributed by atoms with E-state index in [-0.39, 0.29) is 6.61 Å². The van der Waals surface area contributed by atoms with E-state index in [4.69, 9.17) is 24.7 Å². The van der Waals surface area contributed by atoms with Crippen LogP contribution < -0.4 is 5.73 Å². The molecule has 0 bridgehead atoms. The van der Waals surface area contributed by atoms with E-state index >= 15 is 0 Å². The van der Waals surface area contributed by atoms with Gasteiger partial charge in [0.05, 0.1) is 13.2 Å². The molecule has 12 heteroatoms. The van der Waals surface area contributed by atoms with Crippen LogP contribution >= 0.6 is 0 Å². The predicted molar refractivity (Wildman–Crippen MR) is 95.3 cm³/mol. The summed E-state index contributed by atoms with van der Waals surface area (Å²) in [5.74, 6) is 0. The minimum Gasteiger partial charge on any atom is -0.394 e. The highest BCUT2D eigenvalue weighted by atomic mass is 16.7. The Morgan fingerprint density at radius 1 is 0.690 bits per heavy atom. The Hall–Kier alpha value is -0.480. The number of aliphatic hydroxyl groups is 7. The molecule has 12 nitrogen and oxygen atoms in total. The van der Waals surface area contributed by atoms with Gasteiger partial charge in [-0.05, 0) is 25.8 Å². The number of ether oxygens (including phenoxy) is 4. The maximum Gasteiger partial charge on any atom is 0.187 e. The van der Waals surface area contributed by atoms with Crippen LogP contribution in [0.5, 0.6) is 0 Å². The summed E-state index contributed by atoms with van der Waals surface area (Å²) in [6, 6.07) is 0. The van der Waals surface area contributed by atoms with Gasteiger partial charge >= 0.3 is 0 Å². The lowest BCUT2D eigenvalue weighted by Gasteiger charge is -2.45. The molecule has 2 aliphatic rings. The lowest BCUT2D eigenvalue weighted by molar-refractivity contribution is -0.359. The van der Waals surface area contributed by atoms with E-state index < -0.39 is 74.6 Å². The van der Waals surface area contributed by atoms with Gasteiger partial charge in [0, 0.05) is 6.61 Å². The number of aliphatic hydroxyl groups excluding tert-OH is 7. The van der Waals surface area contributed by atoms with Crippen molar-refractivity contribution in [2.45, 2.75) is 80.7 Å². The van der Waals surface area contributed by atoms with Crippen LogP contribution in [0.4, 0.5) is 0 Å². The van der Waals surface area contributed by atoms with E-state index in [1.165, 1.54) is 0 Å². The Kier molecular flexibility index (Phi) is 10.1. The number of hydrogen-bond acceptors (Lipinski definition) is 12. The average molecular weight is 427 g/mol. The fourth-order valence-corrected chi connectivity index (χ4v) is 3.32. The number of rotatable bonds is 10. The van der Waals surface area contributed by atoms with Crippen LogP contribution in [0.15, 0.2) is 0 Å². The van der Waals surface area contributed by atoms with Gasteiger partial charge in [0.1, 0.15) is 48.8 Å². The summed E-state index contributed by atoms with van der Waals surface area (Å²) in [5.41, 5.74) is 5.41. The molecule has 9 N–H and O–H groups in total. The minimum absolute atomic E-state index is 0.255. The molecule has 2 rings (SSSR count). The molecule has 2 heterocycles. The Morgan fingerprint density at radius 2 is 1.31 bits per heavy atom. The van der Waals surface area contributed by atoms with Crippen molar-refractivity contribution in [1.82, 2.24) is 0 Å². The standard InChI is InChI=1S/C17H33NO11/c18-4-2-1-3-5-26-16-14(25)12(23)15(9(7-20)28-16)29-17-13(24)11(22)10(21)8(6-19)27-17/h8-17,19-25H,1-7,18H2/t8-,9-,10+,11+,12-,13-,14-,15-,16+,17+/m1/s1. The zero-order chi connectivity index (χ0) is 21.6. The Bertz CT molecular complexity index is 469. The summed E-state index contributed by atoms with van der Waals surface area (Å²) < 4.78 is 21.6. The van der Waals surface area contributed by atoms with Crippen LogP contribution in [-0.4, -0.2) is 124 Å². The van der Waals surface area contributed by atoms with E-state index in [1.807, 2.05) is 0 Å². The summed E-state index contributed by atoms with van der Waals surface area (Å²) in [7, 11) is 0. The van der Waals surface area contributed by atoms with E-state index in [1.54, 1.807) is 0 Å². The lowest BCUT2D eigenvalue weighted by Crippen LogP contribution is -2.64. The molecule has 0 amide bonds. The summed E-state index contributed by atoms with van der Waals surface area (Å²) >= 11 is 0. The number of hydrogen-bond donors (Lipinski definition) is 8. The Labute approximate surface area is 168 Å². The van der Waals surface area contributed by atoms with Crippen molar-refractivity contribution in [2.24, 2.45) is 5.73 Å². The van der Waals surface area contributed by atoms with Crippen molar-refractivity contribution in [3.8, 4) is 0 Å². The predicted octanol–water partition coefficient (Wildman–Crippen LogP) is -4.24. The van der Waals surface area contributed by atoms with E-state index in [0.717, 1.165) is 12.8 Å². The first kappa shape index (κ1) is 24.8. The van der Waals surface area contributed by atoms with Crippen LogP contribution in [0.25, 0.3) is 0 Å². The molecule has 172 valence electrons. The normalized spacial score (nSPS) is 43.4. The molecule has 0 aromatic rings. The average Bonchev–Trinajstić information content (AvgIpc) is 2.72. The van der Waals surface area contributed by atoms with Crippen LogP contribution in [0, 0.1) is 0 Å². The van der Waals surface area contributed by atoms with Gasteiger partial charge in [0.2, 0.25) is 0 Å². The van der Waals surface area contributed by atoms with Gasteiger partial charge in [-0.25, -0.2) is 0 Å². The van der Waals surface area contributed by atoms with Crippen molar-refractivity contribution in [1.29, 1.82) is 0 Å². The molecule has 0 radical (unpaired) electrons. The van der Waals surface area contributed by atoms with Crippen LogP contribution in [0.2, 0.25) is 0 Å². The van der Waals surface area contributed by atoms with Gasteiger partial charge in [-0.1, -0.05) is 0 Å². The SMILES string of the molecule is NCCCCCO[C@H]1O[C@H](CO)[C@@H](O[C@@H]2O[C@H](CO)[C@H](O)[C@H](O)[C@H]2O)[C@H](O)[C@H]1O. The maximum absolute atomic E-state index is 10.4. The quantitative estimate of drug-likeness (QED) is 0.156. The van der Waals surface area contributed by atoms with Crippen LogP contribution in [0.3, 0.4) is 0 Å². The maximum atomic E-state index is 10.4. The van der Waals surface area contributed by atoms with Gasteiger partial charge in [0.25, 0.3) is 0 Å². The van der Waals surface area contributed by atoms with Gasteiger partial charge in [-0.3, -0.25) is 0 Å². The molecule has 2 aliphatic heterocycles. The Balaban J connectivity index is 1.98.